The third-order valence-electron chi connectivity index (χ3n) is 3.09. The maximum Gasteiger partial charge on any atom is 0.416 e. The van der Waals surface area contributed by atoms with Gasteiger partial charge >= 0.3 is 12.2 Å². The maximum absolute atomic E-state index is 12.5. The Bertz CT molecular complexity index is 498. The summed E-state index contributed by atoms with van der Waals surface area (Å²) in [5.74, 6) is 0. The van der Waals surface area contributed by atoms with E-state index < -0.39 is 11.7 Å². The minimum absolute atomic E-state index is 0. The largest absolute Gasteiger partial charge is 0.416 e. The number of aryl methyl sites for hydroxylation is 1. The fourth-order valence-corrected chi connectivity index (χ4v) is 1.94. The summed E-state index contributed by atoms with van der Waals surface area (Å²) in [6.45, 7) is 3.43. The van der Waals surface area contributed by atoms with Gasteiger partial charge in [-0.1, -0.05) is 14.9 Å². The zero-order chi connectivity index (χ0) is 14.8. The Morgan fingerprint density at radius 1 is 1.23 bits per heavy atom. The molecule has 0 unspecified atom stereocenters. The van der Waals surface area contributed by atoms with E-state index in [-0.39, 0.29) is 20.9 Å². The number of nitrogens with zero attached hydrogens (tertiary/aromatic N) is 1. The highest BCUT2D eigenvalue weighted by Crippen LogP contribution is 2.31. The van der Waals surface area contributed by atoms with E-state index in [2.05, 4.69) is 5.32 Å². The first-order valence-electron chi connectivity index (χ1n) is 6.19. The van der Waals surface area contributed by atoms with Crippen LogP contribution in [0.2, 0.25) is 0 Å². The summed E-state index contributed by atoms with van der Waals surface area (Å²) in [6.07, 6.45) is -4.38. The molecule has 1 aliphatic heterocycles. The number of carbonyl (C=O) groups is 1. The van der Waals surface area contributed by atoms with Crippen molar-refractivity contribution >= 4 is 11.7 Å². The highest BCUT2D eigenvalue weighted by atomic mass is 19.4. The number of halogens is 3. The number of alkyl halides is 3. The number of benzene rings is 1. The molecule has 22 heavy (non-hydrogen) atoms. The normalized spacial score (nSPS) is 14.6. The van der Waals surface area contributed by atoms with Crippen molar-refractivity contribution in [2.45, 2.75) is 28.0 Å². The van der Waals surface area contributed by atoms with Gasteiger partial charge in [-0.05, 0) is 30.7 Å². The molecule has 0 atom stereocenters. The summed E-state index contributed by atoms with van der Waals surface area (Å²) in [7, 11) is 0. The third kappa shape index (κ3) is 4.91. The molecule has 1 saturated heterocycles. The number of hydrogen-bond donors (Lipinski definition) is 1. The summed E-state index contributed by atoms with van der Waals surface area (Å²) < 4.78 is 42.8. The Labute approximate surface area is 129 Å². The molecule has 2 amide bonds. The summed E-state index contributed by atoms with van der Waals surface area (Å²) in [5.41, 5.74) is 0.0373. The number of urea groups is 1. The number of ether oxygens (including phenoxy) is 1. The van der Waals surface area contributed by atoms with Gasteiger partial charge in [-0.25, -0.2) is 4.79 Å². The maximum atomic E-state index is 12.5. The van der Waals surface area contributed by atoms with Crippen LogP contribution >= 0.6 is 0 Å². The first-order chi connectivity index (χ1) is 9.38. The molecule has 1 aromatic carbocycles. The molecular formula is C15H23F3N2O2. The van der Waals surface area contributed by atoms with Gasteiger partial charge in [0.1, 0.15) is 0 Å². The molecule has 2 rings (SSSR count). The molecule has 0 saturated carbocycles. The van der Waals surface area contributed by atoms with Gasteiger partial charge in [0.05, 0.1) is 18.8 Å². The van der Waals surface area contributed by atoms with Crippen LogP contribution in [-0.4, -0.2) is 37.2 Å². The van der Waals surface area contributed by atoms with Crippen LogP contribution in [0.25, 0.3) is 0 Å². The topological polar surface area (TPSA) is 41.6 Å². The van der Waals surface area contributed by atoms with E-state index in [0.717, 1.165) is 12.1 Å². The highest BCUT2D eigenvalue weighted by Gasteiger charge is 2.30. The number of morpholine rings is 1. The smallest absolute Gasteiger partial charge is 0.378 e. The van der Waals surface area contributed by atoms with Crippen LogP contribution in [0.4, 0.5) is 23.7 Å². The van der Waals surface area contributed by atoms with Crippen LogP contribution in [0.3, 0.4) is 0 Å². The van der Waals surface area contributed by atoms with Crippen molar-refractivity contribution in [3.05, 3.63) is 29.3 Å². The Balaban J connectivity index is 0.00000220. The Morgan fingerprint density at radius 3 is 2.32 bits per heavy atom. The first kappa shape index (κ1) is 20.2. The number of amides is 2. The molecule has 4 nitrogen and oxygen atoms in total. The lowest BCUT2D eigenvalue weighted by Crippen LogP contribution is -2.43. The van der Waals surface area contributed by atoms with E-state index in [0.29, 0.717) is 37.6 Å². The molecule has 0 aliphatic carbocycles. The average molecular weight is 320 g/mol. The fourth-order valence-electron chi connectivity index (χ4n) is 1.94. The van der Waals surface area contributed by atoms with Gasteiger partial charge in [-0.3, -0.25) is 0 Å². The predicted octanol–water partition coefficient (Wildman–Crippen LogP) is 4.15. The van der Waals surface area contributed by atoms with E-state index in [1.54, 1.807) is 4.90 Å². The minimum Gasteiger partial charge on any atom is -0.378 e. The van der Waals surface area contributed by atoms with Gasteiger partial charge in [0, 0.05) is 18.8 Å². The molecule has 0 bridgehead atoms. The predicted molar refractivity (Wildman–Crippen MR) is 81.1 cm³/mol. The number of nitrogens with one attached hydrogen (secondary N) is 1. The van der Waals surface area contributed by atoms with Crippen LogP contribution in [0, 0.1) is 6.92 Å². The summed E-state index contributed by atoms with van der Waals surface area (Å²) in [6, 6.07) is 2.93. The third-order valence-corrected chi connectivity index (χ3v) is 3.09. The van der Waals surface area contributed by atoms with E-state index in [4.69, 9.17) is 4.74 Å². The summed E-state index contributed by atoms with van der Waals surface area (Å²) >= 11 is 0. The molecular weight excluding hydrogens is 297 g/mol. The van der Waals surface area contributed by atoms with Gasteiger partial charge < -0.3 is 15.0 Å². The molecule has 0 aromatic heterocycles. The lowest BCUT2D eigenvalue weighted by atomic mass is 10.1. The molecule has 1 aliphatic rings. The van der Waals surface area contributed by atoms with Crippen LogP contribution in [0.5, 0.6) is 0 Å². The number of rotatable bonds is 1. The van der Waals surface area contributed by atoms with Gasteiger partial charge in [-0.15, -0.1) is 0 Å². The van der Waals surface area contributed by atoms with Crippen LogP contribution in [0.1, 0.15) is 26.0 Å². The minimum atomic E-state index is -4.38. The number of hydrogen-bond acceptors (Lipinski definition) is 2. The van der Waals surface area contributed by atoms with E-state index in [9.17, 15) is 18.0 Å². The first-order valence-corrected chi connectivity index (χ1v) is 6.19. The van der Waals surface area contributed by atoms with Crippen molar-refractivity contribution in [3.63, 3.8) is 0 Å². The van der Waals surface area contributed by atoms with Crippen molar-refractivity contribution in [1.29, 1.82) is 0 Å². The van der Waals surface area contributed by atoms with E-state index in [1.807, 2.05) is 0 Å². The van der Waals surface area contributed by atoms with Gasteiger partial charge in [0.25, 0.3) is 0 Å². The molecule has 1 fully saturated rings. The standard InChI is InChI=1S/C13H15F3N2O2.2CH4/c1-9-8-10(13(14,15)16)2-3-11(9)17-12(19)18-4-6-20-7-5-18;;/h2-3,8H,4-7H2,1H3,(H,17,19);2*1H4. The zero-order valence-electron chi connectivity index (χ0n) is 11.0. The van der Waals surface area contributed by atoms with Crippen molar-refractivity contribution < 1.29 is 22.7 Å². The summed E-state index contributed by atoms with van der Waals surface area (Å²) in [4.78, 5) is 13.5. The monoisotopic (exact) mass is 320 g/mol. The van der Waals surface area contributed by atoms with Crippen LogP contribution in [0.15, 0.2) is 18.2 Å². The van der Waals surface area contributed by atoms with Crippen LogP contribution in [-0.2, 0) is 10.9 Å². The van der Waals surface area contributed by atoms with Crippen LogP contribution < -0.4 is 5.32 Å². The molecule has 0 spiro atoms. The number of anilines is 1. The van der Waals surface area contributed by atoms with Crippen molar-refractivity contribution in [2.24, 2.45) is 0 Å². The lowest BCUT2D eigenvalue weighted by molar-refractivity contribution is -0.137. The van der Waals surface area contributed by atoms with Gasteiger partial charge in [0.15, 0.2) is 0 Å². The zero-order valence-corrected chi connectivity index (χ0v) is 11.0. The Hall–Kier alpha value is -1.76. The second-order valence-electron chi connectivity index (χ2n) is 4.56. The lowest BCUT2D eigenvalue weighted by Gasteiger charge is -2.27. The summed E-state index contributed by atoms with van der Waals surface area (Å²) in [5, 5.41) is 2.62. The number of carbonyl (C=O) groups excluding carboxylic acids is 1. The Morgan fingerprint density at radius 2 is 1.82 bits per heavy atom. The van der Waals surface area contributed by atoms with Crippen molar-refractivity contribution in [2.75, 3.05) is 31.6 Å². The molecule has 0 radical (unpaired) electrons. The molecule has 1 N–H and O–H groups in total. The van der Waals surface area contributed by atoms with E-state index in [1.165, 1.54) is 13.0 Å². The van der Waals surface area contributed by atoms with E-state index >= 15 is 0 Å². The second kappa shape index (κ2) is 8.03. The van der Waals surface area contributed by atoms with Crippen molar-refractivity contribution in [1.82, 2.24) is 4.90 Å². The fraction of sp³-hybridized carbons (Fsp3) is 0.533. The highest BCUT2D eigenvalue weighted by molar-refractivity contribution is 5.90. The molecule has 126 valence electrons. The second-order valence-corrected chi connectivity index (χ2v) is 4.56. The van der Waals surface area contributed by atoms with Crippen molar-refractivity contribution in [3.8, 4) is 0 Å². The Kier molecular flexibility index (Phi) is 7.38. The van der Waals surface area contributed by atoms with Gasteiger partial charge in [-0.2, -0.15) is 13.2 Å². The molecule has 1 heterocycles. The SMILES string of the molecule is C.C.Cc1cc(C(F)(F)F)ccc1NC(=O)N1CCOCC1. The van der Waals surface area contributed by atoms with Gasteiger partial charge in [0.2, 0.25) is 0 Å². The quantitative estimate of drug-likeness (QED) is 0.844. The molecule has 1 aromatic rings. The average Bonchev–Trinajstić information content (AvgIpc) is 2.41. The molecule has 7 heteroatoms.